The van der Waals surface area contributed by atoms with Gasteiger partial charge in [0.2, 0.25) is 0 Å². The van der Waals surface area contributed by atoms with E-state index in [0.29, 0.717) is 5.75 Å². The molecule has 104 valence electrons. The fourth-order valence-electron chi connectivity index (χ4n) is 1.60. The zero-order chi connectivity index (χ0) is 14.6. The summed E-state index contributed by atoms with van der Waals surface area (Å²) in [5.41, 5.74) is 1.79. The van der Waals surface area contributed by atoms with E-state index in [4.69, 9.17) is 4.74 Å². The standard InChI is InChI=1S/C13H16BrNO4/c1-7-4-10(14)5-8(2)12(7)19-6-11(16)15-9(3)13(17)18/h4-5,9H,6H2,1-3H3,(H,15,16)(H,17,18)/p-1/t9-/m1/s1. The zero-order valence-corrected chi connectivity index (χ0v) is 12.5. The Morgan fingerprint density at radius 1 is 1.37 bits per heavy atom. The molecule has 0 radical (unpaired) electrons. The Hall–Kier alpha value is -1.56. The molecule has 0 aliphatic carbocycles. The molecule has 1 aromatic rings. The van der Waals surface area contributed by atoms with Crippen LogP contribution in [-0.2, 0) is 9.59 Å². The van der Waals surface area contributed by atoms with Crippen LogP contribution in [-0.4, -0.2) is 24.5 Å². The normalized spacial score (nSPS) is 11.8. The summed E-state index contributed by atoms with van der Waals surface area (Å²) in [6, 6.07) is 2.72. The molecular formula is C13H15BrNO4-. The third kappa shape index (κ3) is 4.55. The summed E-state index contributed by atoms with van der Waals surface area (Å²) in [7, 11) is 0. The smallest absolute Gasteiger partial charge is 0.258 e. The number of nitrogens with one attached hydrogen (secondary N) is 1. The molecular weight excluding hydrogens is 314 g/mol. The van der Waals surface area contributed by atoms with Gasteiger partial charge in [-0.1, -0.05) is 15.9 Å². The molecule has 0 unspecified atom stereocenters. The van der Waals surface area contributed by atoms with Gasteiger partial charge in [0.15, 0.2) is 6.61 Å². The molecule has 0 spiro atoms. The van der Waals surface area contributed by atoms with E-state index in [0.717, 1.165) is 15.6 Å². The van der Waals surface area contributed by atoms with E-state index < -0.39 is 17.9 Å². The third-order valence-corrected chi connectivity index (χ3v) is 2.96. The molecule has 6 heteroatoms. The molecule has 0 fully saturated rings. The van der Waals surface area contributed by atoms with Gasteiger partial charge in [0, 0.05) is 4.47 Å². The number of carbonyl (C=O) groups is 2. The van der Waals surface area contributed by atoms with Gasteiger partial charge in [-0.05, 0) is 44.0 Å². The number of aliphatic carboxylic acids is 1. The molecule has 0 heterocycles. The molecule has 1 aromatic carbocycles. The Morgan fingerprint density at radius 2 is 1.89 bits per heavy atom. The van der Waals surface area contributed by atoms with Crippen molar-refractivity contribution in [2.24, 2.45) is 0 Å². The molecule has 0 saturated heterocycles. The fraction of sp³-hybridized carbons (Fsp3) is 0.385. The van der Waals surface area contributed by atoms with E-state index in [2.05, 4.69) is 21.2 Å². The summed E-state index contributed by atoms with van der Waals surface area (Å²) in [5, 5.41) is 12.7. The number of hydrogen-bond acceptors (Lipinski definition) is 4. The van der Waals surface area contributed by atoms with Gasteiger partial charge in [0.05, 0.1) is 12.0 Å². The average molecular weight is 329 g/mol. The van der Waals surface area contributed by atoms with Crippen molar-refractivity contribution in [1.82, 2.24) is 5.32 Å². The Kier molecular flexibility index (Phi) is 5.35. The number of carboxylic acid groups (broad SMARTS) is 1. The first-order valence-corrected chi connectivity index (χ1v) is 6.50. The highest BCUT2D eigenvalue weighted by Crippen LogP contribution is 2.27. The lowest BCUT2D eigenvalue weighted by atomic mass is 10.1. The Balaban J connectivity index is 2.63. The van der Waals surface area contributed by atoms with Crippen LogP contribution in [0.1, 0.15) is 18.1 Å². The van der Waals surface area contributed by atoms with Crippen LogP contribution in [0, 0.1) is 13.8 Å². The number of ether oxygens (including phenoxy) is 1. The first kappa shape index (κ1) is 15.5. The molecule has 5 nitrogen and oxygen atoms in total. The second-order valence-electron chi connectivity index (χ2n) is 4.27. The maximum absolute atomic E-state index is 11.5. The number of carbonyl (C=O) groups excluding carboxylic acids is 2. The monoisotopic (exact) mass is 328 g/mol. The minimum absolute atomic E-state index is 0.235. The van der Waals surface area contributed by atoms with Crippen LogP contribution < -0.4 is 15.2 Å². The lowest BCUT2D eigenvalue weighted by Crippen LogP contribution is -2.47. The summed E-state index contributed by atoms with van der Waals surface area (Å²) in [6.07, 6.45) is 0. The second-order valence-corrected chi connectivity index (χ2v) is 5.18. The molecule has 0 saturated carbocycles. The van der Waals surface area contributed by atoms with Crippen molar-refractivity contribution in [3.05, 3.63) is 27.7 Å². The van der Waals surface area contributed by atoms with Gasteiger partial charge in [-0.15, -0.1) is 0 Å². The number of benzene rings is 1. The van der Waals surface area contributed by atoms with Crippen molar-refractivity contribution in [2.45, 2.75) is 26.8 Å². The van der Waals surface area contributed by atoms with Crippen LogP contribution in [0.25, 0.3) is 0 Å². The predicted molar refractivity (Wildman–Crippen MR) is 71.7 cm³/mol. The summed E-state index contributed by atoms with van der Waals surface area (Å²) < 4.78 is 6.35. The van der Waals surface area contributed by atoms with Crippen molar-refractivity contribution < 1.29 is 19.4 Å². The van der Waals surface area contributed by atoms with Crippen molar-refractivity contribution in [3.8, 4) is 5.75 Å². The van der Waals surface area contributed by atoms with E-state index in [1.807, 2.05) is 26.0 Å². The number of aryl methyl sites for hydroxylation is 2. The van der Waals surface area contributed by atoms with Crippen molar-refractivity contribution in [1.29, 1.82) is 0 Å². The number of amides is 1. The second kappa shape index (κ2) is 6.56. The summed E-state index contributed by atoms with van der Waals surface area (Å²) in [5.74, 6) is -1.21. The van der Waals surface area contributed by atoms with Gasteiger partial charge in [-0.3, -0.25) is 4.79 Å². The quantitative estimate of drug-likeness (QED) is 0.863. The number of rotatable bonds is 5. The first-order chi connectivity index (χ1) is 8.81. The number of hydrogen-bond donors (Lipinski definition) is 1. The highest BCUT2D eigenvalue weighted by molar-refractivity contribution is 9.10. The minimum atomic E-state index is -1.33. The maximum Gasteiger partial charge on any atom is 0.258 e. The average Bonchev–Trinajstić information content (AvgIpc) is 2.27. The van der Waals surface area contributed by atoms with Crippen LogP contribution in [0.3, 0.4) is 0 Å². The molecule has 0 aromatic heterocycles. The van der Waals surface area contributed by atoms with Gasteiger partial charge in [-0.2, -0.15) is 0 Å². The van der Waals surface area contributed by atoms with Gasteiger partial charge in [0.25, 0.3) is 5.91 Å². The number of halogens is 1. The van der Waals surface area contributed by atoms with Crippen molar-refractivity contribution in [3.63, 3.8) is 0 Å². The SMILES string of the molecule is Cc1cc(Br)cc(C)c1OCC(=O)N[C@H](C)C(=O)[O-]. The van der Waals surface area contributed by atoms with Crippen LogP contribution in [0.2, 0.25) is 0 Å². The molecule has 0 aliphatic rings. The molecule has 1 N–H and O–H groups in total. The third-order valence-electron chi connectivity index (χ3n) is 2.50. The molecule has 0 aliphatic heterocycles. The van der Waals surface area contributed by atoms with Crippen molar-refractivity contribution >= 4 is 27.8 Å². The van der Waals surface area contributed by atoms with Crippen LogP contribution in [0.15, 0.2) is 16.6 Å². The summed E-state index contributed by atoms with van der Waals surface area (Å²) in [4.78, 5) is 22.0. The van der Waals surface area contributed by atoms with Gasteiger partial charge < -0.3 is 20.0 Å². The Labute approximate surface area is 120 Å². The Bertz CT molecular complexity index is 478. The highest BCUT2D eigenvalue weighted by atomic mass is 79.9. The molecule has 19 heavy (non-hydrogen) atoms. The molecule has 1 rings (SSSR count). The van der Waals surface area contributed by atoms with Crippen LogP contribution in [0.5, 0.6) is 5.75 Å². The van der Waals surface area contributed by atoms with E-state index in [-0.39, 0.29) is 6.61 Å². The molecule has 1 amide bonds. The topological polar surface area (TPSA) is 78.5 Å². The van der Waals surface area contributed by atoms with Gasteiger partial charge in [-0.25, -0.2) is 0 Å². The van der Waals surface area contributed by atoms with Gasteiger partial charge >= 0.3 is 0 Å². The largest absolute Gasteiger partial charge is 0.548 e. The highest BCUT2D eigenvalue weighted by Gasteiger charge is 2.11. The van der Waals surface area contributed by atoms with Crippen LogP contribution >= 0.6 is 15.9 Å². The van der Waals surface area contributed by atoms with E-state index in [1.165, 1.54) is 6.92 Å². The number of carboxylic acids is 1. The van der Waals surface area contributed by atoms with Gasteiger partial charge in [0.1, 0.15) is 5.75 Å². The van der Waals surface area contributed by atoms with E-state index in [9.17, 15) is 14.7 Å². The lowest BCUT2D eigenvalue weighted by molar-refractivity contribution is -0.307. The first-order valence-electron chi connectivity index (χ1n) is 5.71. The summed E-state index contributed by atoms with van der Waals surface area (Å²) in [6.45, 7) is 4.84. The zero-order valence-electron chi connectivity index (χ0n) is 11.0. The van der Waals surface area contributed by atoms with Crippen molar-refractivity contribution in [2.75, 3.05) is 6.61 Å². The van der Waals surface area contributed by atoms with E-state index in [1.54, 1.807) is 0 Å². The van der Waals surface area contributed by atoms with Crippen LogP contribution in [0.4, 0.5) is 0 Å². The summed E-state index contributed by atoms with van der Waals surface area (Å²) >= 11 is 3.37. The lowest BCUT2D eigenvalue weighted by Gasteiger charge is -2.16. The van der Waals surface area contributed by atoms with E-state index >= 15 is 0 Å². The minimum Gasteiger partial charge on any atom is -0.548 e. The fourth-order valence-corrected chi connectivity index (χ4v) is 2.29. The Morgan fingerprint density at radius 3 is 2.37 bits per heavy atom. The predicted octanol–water partition coefficient (Wildman–Crippen LogP) is 0.699. The maximum atomic E-state index is 11.5. The molecule has 0 bridgehead atoms. The molecule has 1 atom stereocenters.